The van der Waals surface area contributed by atoms with E-state index in [1.807, 2.05) is 37.3 Å². The zero-order valence-electron chi connectivity index (χ0n) is 13.7. The molecule has 0 aliphatic carbocycles. The van der Waals surface area contributed by atoms with E-state index in [9.17, 15) is 0 Å². The van der Waals surface area contributed by atoms with E-state index in [1.165, 1.54) is 6.33 Å². The zero-order valence-corrected chi connectivity index (χ0v) is 13.7. The molecule has 2 aromatic heterocycles. The largest absolute Gasteiger partial charge is 0.393 e. The first-order valence-corrected chi connectivity index (χ1v) is 7.65. The van der Waals surface area contributed by atoms with Gasteiger partial charge in [-0.05, 0) is 19.1 Å². The number of hydrogen-bond donors (Lipinski definition) is 3. The number of para-hydroxylation sites is 1. The Morgan fingerprint density at radius 1 is 1.12 bits per heavy atom. The fraction of sp³-hybridized carbons (Fsp3) is 0.235. The molecule has 1 aromatic carbocycles. The van der Waals surface area contributed by atoms with Gasteiger partial charge in [0.1, 0.15) is 12.0 Å². The van der Waals surface area contributed by atoms with Crippen LogP contribution in [0.2, 0.25) is 0 Å². The van der Waals surface area contributed by atoms with E-state index in [2.05, 4.69) is 25.6 Å². The summed E-state index contributed by atoms with van der Waals surface area (Å²) in [5.74, 6) is 1.11. The van der Waals surface area contributed by atoms with Gasteiger partial charge in [-0.1, -0.05) is 18.2 Å². The molecule has 3 aromatic rings. The first-order valence-electron chi connectivity index (χ1n) is 7.65. The number of fused-ring (bicyclic) bond motifs is 1. The molecule has 0 amide bonds. The van der Waals surface area contributed by atoms with Crippen molar-refractivity contribution in [2.75, 3.05) is 30.1 Å². The van der Waals surface area contributed by atoms with Gasteiger partial charge in [0.25, 0.3) is 0 Å². The second-order valence-corrected chi connectivity index (χ2v) is 5.49. The Labute approximate surface area is 140 Å². The van der Waals surface area contributed by atoms with Crippen molar-refractivity contribution >= 4 is 33.9 Å². The molecule has 1 atom stereocenters. The Hall–Kier alpha value is -2.93. The Morgan fingerprint density at radius 2 is 1.92 bits per heavy atom. The third-order valence-electron chi connectivity index (χ3n) is 3.57. The molecular formula is C17H20N6O. The molecule has 0 fully saturated rings. The highest BCUT2D eigenvalue weighted by atomic mass is 16.5. The van der Waals surface area contributed by atoms with Gasteiger partial charge in [-0.3, -0.25) is 4.98 Å². The van der Waals surface area contributed by atoms with Gasteiger partial charge in [0, 0.05) is 24.7 Å². The van der Waals surface area contributed by atoms with Gasteiger partial charge in [-0.25, -0.2) is 9.97 Å². The maximum Gasteiger partial charge on any atom is 0.159 e. The van der Waals surface area contributed by atoms with Gasteiger partial charge < -0.3 is 21.1 Å². The summed E-state index contributed by atoms with van der Waals surface area (Å²) < 4.78 is 5.12. The van der Waals surface area contributed by atoms with Crippen molar-refractivity contribution in [3.63, 3.8) is 0 Å². The van der Waals surface area contributed by atoms with E-state index in [-0.39, 0.29) is 6.04 Å². The van der Waals surface area contributed by atoms with Crippen LogP contribution in [0.25, 0.3) is 10.9 Å². The van der Waals surface area contributed by atoms with Gasteiger partial charge in [0.15, 0.2) is 11.6 Å². The minimum absolute atomic E-state index is 0.0827. The van der Waals surface area contributed by atoms with Crippen LogP contribution in [0.15, 0.2) is 42.9 Å². The molecule has 2 heterocycles. The summed E-state index contributed by atoms with van der Waals surface area (Å²) >= 11 is 0. The number of nitrogens with two attached hydrogens (primary N) is 1. The van der Waals surface area contributed by atoms with E-state index in [4.69, 9.17) is 10.5 Å². The number of hydrogen-bond acceptors (Lipinski definition) is 7. The molecule has 0 aliphatic rings. The Balaban J connectivity index is 1.90. The van der Waals surface area contributed by atoms with Crippen molar-refractivity contribution in [3.05, 3.63) is 42.9 Å². The lowest BCUT2D eigenvalue weighted by atomic mass is 10.2. The predicted molar refractivity (Wildman–Crippen MR) is 96.4 cm³/mol. The molecule has 1 unspecified atom stereocenters. The maximum absolute atomic E-state index is 6.21. The second-order valence-electron chi connectivity index (χ2n) is 5.49. The predicted octanol–water partition coefficient (Wildman–Crippen LogP) is 2.80. The number of nitrogen functional groups attached to an aromatic ring is 1. The van der Waals surface area contributed by atoms with Crippen molar-refractivity contribution in [1.82, 2.24) is 15.0 Å². The number of nitrogens with zero attached hydrogens (tertiary/aromatic N) is 3. The molecule has 124 valence electrons. The number of aromatic nitrogens is 3. The van der Waals surface area contributed by atoms with Crippen LogP contribution in [0.3, 0.4) is 0 Å². The fourth-order valence-electron chi connectivity index (χ4n) is 2.47. The third-order valence-corrected chi connectivity index (χ3v) is 3.57. The standard InChI is InChI=1S/C17H20N6O/c1-11(9-24-2)22-16-14(18)17(21-10-20-16)23-13-7-3-5-12-6-4-8-19-15(12)13/h3-8,10-11H,9,18H2,1-2H3,(H2,20,21,22,23). The average molecular weight is 324 g/mol. The average Bonchev–Trinajstić information content (AvgIpc) is 2.59. The first kappa shape index (κ1) is 15.9. The minimum Gasteiger partial charge on any atom is -0.393 e. The van der Waals surface area contributed by atoms with E-state index >= 15 is 0 Å². The summed E-state index contributed by atoms with van der Waals surface area (Å²) in [5, 5.41) is 7.51. The van der Waals surface area contributed by atoms with Crippen molar-refractivity contribution in [1.29, 1.82) is 0 Å². The normalized spacial score (nSPS) is 12.1. The summed E-state index contributed by atoms with van der Waals surface area (Å²) in [6.07, 6.45) is 3.23. The minimum atomic E-state index is 0.0827. The van der Waals surface area contributed by atoms with Gasteiger partial charge >= 0.3 is 0 Å². The van der Waals surface area contributed by atoms with Crippen LogP contribution >= 0.6 is 0 Å². The van der Waals surface area contributed by atoms with Crippen LogP contribution in [0.1, 0.15) is 6.92 Å². The maximum atomic E-state index is 6.21. The summed E-state index contributed by atoms with van der Waals surface area (Å²) in [4.78, 5) is 12.9. The molecular weight excluding hydrogens is 304 g/mol. The van der Waals surface area contributed by atoms with E-state index in [1.54, 1.807) is 13.3 Å². The number of methoxy groups -OCH3 is 1. The van der Waals surface area contributed by atoms with Crippen molar-refractivity contribution < 1.29 is 4.74 Å². The number of ether oxygens (including phenoxy) is 1. The lowest BCUT2D eigenvalue weighted by Gasteiger charge is -2.17. The number of anilines is 4. The quantitative estimate of drug-likeness (QED) is 0.641. The molecule has 7 heteroatoms. The number of pyridine rings is 1. The van der Waals surface area contributed by atoms with Crippen molar-refractivity contribution in [2.24, 2.45) is 0 Å². The molecule has 24 heavy (non-hydrogen) atoms. The Bertz CT molecular complexity index is 833. The molecule has 0 saturated carbocycles. The summed E-state index contributed by atoms with van der Waals surface area (Å²) in [6.45, 7) is 2.55. The van der Waals surface area contributed by atoms with Gasteiger partial charge in [0.05, 0.1) is 17.8 Å². The van der Waals surface area contributed by atoms with Crippen LogP contribution in [-0.2, 0) is 4.74 Å². The van der Waals surface area contributed by atoms with Crippen LogP contribution in [0, 0.1) is 0 Å². The molecule has 0 spiro atoms. The lowest BCUT2D eigenvalue weighted by molar-refractivity contribution is 0.190. The number of benzene rings is 1. The highest BCUT2D eigenvalue weighted by Crippen LogP contribution is 2.29. The van der Waals surface area contributed by atoms with Gasteiger partial charge in [0.2, 0.25) is 0 Å². The van der Waals surface area contributed by atoms with E-state index in [0.29, 0.717) is 23.9 Å². The smallest absolute Gasteiger partial charge is 0.159 e. The molecule has 0 bridgehead atoms. The highest BCUT2D eigenvalue weighted by Gasteiger charge is 2.12. The highest BCUT2D eigenvalue weighted by molar-refractivity contribution is 5.93. The fourth-order valence-corrected chi connectivity index (χ4v) is 2.47. The Morgan fingerprint density at radius 3 is 2.75 bits per heavy atom. The second kappa shape index (κ2) is 7.10. The van der Waals surface area contributed by atoms with Crippen LogP contribution < -0.4 is 16.4 Å². The van der Waals surface area contributed by atoms with E-state index in [0.717, 1.165) is 16.6 Å². The monoisotopic (exact) mass is 324 g/mol. The number of rotatable bonds is 6. The van der Waals surface area contributed by atoms with Crippen LogP contribution in [0.5, 0.6) is 0 Å². The summed E-state index contributed by atoms with van der Waals surface area (Å²) in [7, 11) is 1.65. The zero-order chi connectivity index (χ0) is 16.9. The molecule has 7 nitrogen and oxygen atoms in total. The Kier molecular flexibility index (Phi) is 4.72. The lowest BCUT2D eigenvalue weighted by Crippen LogP contribution is -2.22. The van der Waals surface area contributed by atoms with E-state index < -0.39 is 0 Å². The van der Waals surface area contributed by atoms with Crippen LogP contribution in [0.4, 0.5) is 23.0 Å². The van der Waals surface area contributed by atoms with Crippen LogP contribution in [-0.4, -0.2) is 34.7 Å². The first-order chi connectivity index (χ1) is 11.7. The SMILES string of the molecule is COCC(C)Nc1ncnc(Nc2cccc3cccnc23)c1N. The topological polar surface area (TPSA) is 98.0 Å². The number of nitrogens with one attached hydrogen (secondary N) is 2. The van der Waals surface area contributed by atoms with Gasteiger partial charge in [-0.15, -0.1) is 0 Å². The van der Waals surface area contributed by atoms with Crippen molar-refractivity contribution in [2.45, 2.75) is 13.0 Å². The van der Waals surface area contributed by atoms with Gasteiger partial charge in [-0.2, -0.15) is 0 Å². The molecule has 0 saturated heterocycles. The molecule has 3 rings (SSSR count). The third kappa shape index (κ3) is 3.36. The summed E-state index contributed by atoms with van der Waals surface area (Å²) in [6, 6.07) is 9.91. The van der Waals surface area contributed by atoms with Crippen molar-refractivity contribution in [3.8, 4) is 0 Å². The molecule has 0 aliphatic heterocycles. The summed E-state index contributed by atoms with van der Waals surface area (Å²) in [5.41, 5.74) is 8.36. The molecule has 0 radical (unpaired) electrons. The molecule has 4 N–H and O–H groups in total.